The largest absolute Gasteiger partial charge is 0.401 e. The second-order valence-electron chi connectivity index (χ2n) is 9.90. The lowest BCUT2D eigenvalue weighted by Gasteiger charge is -2.40. The molecule has 1 aromatic carbocycles. The van der Waals surface area contributed by atoms with Gasteiger partial charge in [-0.2, -0.15) is 13.2 Å². The van der Waals surface area contributed by atoms with Crippen molar-refractivity contribution >= 4 is 16.6 Å². The fourth-order valence-electron chi connectivity index (χ4n) is 5.63. The molecule has 2 aliphatic heterocycles. The number of likely N-dealkylation sites (tertiary alicyclic amines) is 1. The number of benzene rings is 1. The number of H-pyrrole nitrogens is 1. The molecule has 1 fully saturated rings. The molecule has 5 nitrogen and oxygen atoms in total. The van der Waals surface area contributed by atoms with Gasteiger partial charge in [0.05, 0.1) is 36.8 Å². The van der Waals surface area contributed by atoms with Gasteiger partial charge < -0.3 is 15.2 Å². The zero-order valence-corrected chi connectivity index (χ0v) is 20.1. The predicted octanol–water partition coefficient (Wildman–Crippen LogP) is 5.45. The number of nitrogens with one attached hydrogen (secondary N) is 2. The Morgan fingerprint density at radius 3 is 2.75 bits per heavy atom. The van der Waals surface area contributed by atoms with Crippen LogP contribution in [0.15, 0.2) is 36.5 Å². The summed E-state index contributed by atoms with van der Waals surface area (Å²) in [6.07, 6.45) is -0.831. The summed E-state index contributed by atoms with van der Waals surface area (Å²) >= 11 is 0. The van der Waals surface area contributed by atoms with Crippen molar-refractivity contribution in [1.29, 1.82) is 0 Å². The van der Waals surface area contributed by atoms with Crippen molar-refractivity contribution in [3.8, 4) is 0 Å². The number of nitrogens with zero attached hydrogens (tertiary/aromatic N) is 3. The average molecular weight is 508 g/mol. The maximum absolute atomic E-state index is 13.9. The molecule has 0 saturated carbocycles. The number of anilines is 1. The monoisotopic (exact) mass is 507 g/mol. The van der Waals surface area contributed by atoms with Crippen molar-refractivity contribution in [3.05, 3.63) is 59.3 Å². The van der Waals surface area contributed by atoms with Crippen molar-refractivity contribution in [2.45, 2.75) is 50.5 Å². The number of aromatic amines is 1. The van der Waals surface area contributed by atoms with Gasteiger partial charge in [0.25, 0.3) is 0 Å². The Hall–Kier alpha value is -2.72. The fourth-order valence-corrected chi connectivity index (χ4v) is 5.63. The molecule has 5 rings (SSSR count). The Morgan fingerprint density at radius 2 is 2.03 bits per heavy atom. The third-order valence-corrected chi connectivity index (χ3v) is 7.25. The molecule has 194 valence electrons. The van der Waals surface area contributed by atoms with E-state index in [0.29, 0.717) is 29.7 Å². The van der Waals surface area contributed by atoms with E-state index in [1.54, 1.807) is 25.3 Å². The molecule has 10 heteroatoms. The molecule has 0 amide bonds. The number of rotatable bonds is 7. The summed E-state index contributed by atoms with van der Waals surface area (Å²) in [4.78, 5) is 11.4. The summed E-state index contributed by atoms with van der Waals surface area (Å²) in [6, 6.07) is 7.13. The number of aromatic nitrogens is 2. The van der Waals surface area contributed by atoms with E-state index in [4.69, 9.17) is 0 Å². The molecule has 4 heterocycles. The van der Waals surface area contributed by atoms with E-state index in [-0.39, 0.29) is 18.8 Å². The minimum atomic E-state index is -4.37. The molecule has 0 unspecified atom stereocenters. The molecule has 0 aliphatic carbocycles. The molecule has 0 radical (unpaired) electrons. The number of hydrogen-bond acceptors (Lipinski definition) is 4. The fraction of sp³-hybridized carbons (Fsp3) is 0.500. The zero-order chi connectivity index (χ0) is 25.4. The van der Waals surface area contributed by atoms with Gasteiger partial charge in [0, 0.05) is 48.3 Å². The summed E-state index contributed by atoms with van der Waals surface area (Å²) in [6.45, 7) is 2.85. The van der Waals surface area contributed by atoms with E-state index in [0.717, 1.165) is 42.7 Å². The molecule has 2 N–H and O–H groups in total. The maximum atomic E-state index is 13.9. The van der Waals surface area contributed by atoms with Gasteiger partial charge in [-0.25, -0.2) is 4.39 Å². The standard InChI is InChI=1S/C26H30F5N5/c1-16-11-21-20-5-3-17(28)12-23(20)34-24(21)25(36(16)15-26(29,30)31)22-6-4-18(13-32-22)33-19-7-10-35(14-19)9-2-8-27/h3-6,12-13,16,19,25,33-34H,2,7-11,14-15H2,1H3/t16-,19+,25-/m1/s1. The average Bonchev–Trinajstić information content (AvgIpc) is 3.41. The second kappa shape index (κ2) is 9.97. The molecule has 2 aromatic heterocycles. The Labute approximate surface area is 206 Å². The zero-order valence-electron chi connectivity index (χ0n) is 20.1. The Kier molecular flexibility index (Phi) is 6.91. The number of halogens is 5. The highest BCUT2D eigenvalue weighted by Crippen LogP contribution is 2.41. The number of fused-ring (bicyclic) bond motifs is 3. The van der Waals surface area contributed by atoms with Crippen molar-refractivity contribution in [2.75, 3.05) is 38.2 Å². The van der Waals surface area contributed by atoms with Crippen LogP contribution >= 0.6 is 0 Å². The first-order chi connectivity index (χ1) is 17.2. The molecule has 0 bridgehead atoms. The summed E-state index contributed by atoms with van der Waals surface area (Å²) in [5.41, 5.74) is 3.40. The van der Waals surface area contributed by atoms with Crippen LogP contribution in [0, 0.1) is 5.82 Å². The minimum Gasteiger partial charge on any atom is -0.380 e. The van der Waals surface area contributed by atoms with E-state index in [2.05, 4.69) is 20.2 Å². The smallest absolute Gasteiger partial charge is 0.380 e. The van der Waals surface area contributed by atoms with E-state index >= 15 is 0 Å². The first-order valence-electron chi connectivity index (χ1n) is 12.3. The number of hydrogen-bond donors (Lipinski definition) is 2. The van der Waals surface area contributed by atoms with Gasteiger partial charge in [0.2, 0.25) is 0 Å². The summed E-state index contributed by atoms with van der Waals surface area (Å²) in [7, 11) is 0. The first-order valence-corrected chi connectivity index (χ1v) is 12.3. The number of pyridine rings is 1. The van der Waals surface area contributed by atoms with E-state index in [1.165, 1.54) is 17.0 Å². The number of alkyl halides is 4. The third-order valence-electron chi connectivity index (χ3n) is 7.25. The predicted molar refractivity (Wildman–Crippen MR) is 129 cm³/mol. The summed E-state index contributed by atoms with van der Waals surface area (Å²) in [5.74, 6) is -0.401. The van der Waals surface area contributed by atoms with Gasteiger partial charge in [0.15, 0.2) is 0 Å². The lowest BCUT2D eigenvalue weighted by Crippen LogP contribution is -2.47. The normalized spacial score (nSPS) is 23.3. The van der Waals surface area contributed by atoms with Crippen molar-refractivity contribution in [3.63, 3.8) is 0 Å². The maximum Gasteiger partial charge on any atom is 0.401 e. The quantitative estimate of drug-likeness (QED) is 0.418. The van der Waals surface area contributed by atoms with Crippen LogP contribution in [0.25, 0.3) is 10.9 Å². The lowest BCUT2D eigenvalue weighted by molar-refractivity contribution is -0.155. The van der Waals surface area contributed by atoms with E-state index < -0.39 is 24.6 Å². The lowest BCUT2D eigenvalue weighted by atomic mass is 9.90. The van der Waals surface area contributed by atoms with Gasteiger partial charge in [-0.05, 0) is 62.1 Å². The van der Waals surface area contributed by atoms with Crippen LogP contribution in [0.5, 0.6) is 0 Å². The van der Waals surface area contributed by atoms with Crippen LogP contribution in [0.3, 0.4) is 0 Å². The van der Waals surface area contributed by atoms with E-state index in [1.807, 2.05) is 6.07 Å². The van der Waals surface area contributed by atoms with Gasteiger partial charge in [-0.3, -0.25) is 14.3 Å². The van der Waals surface area contributed by atoms with Crippen LogP contribution in [0.1, 0.15) is 42.8 Å². The third kappa shape index (κ3) is 5.20. The van der Waals surface area contributed by atoms with E-state index in [9.17, 15) is 22.0 Å². The Morgan fingerprint density at radius 1 is 1.19 bits per heavy atom. The topological polar surface area (TPSA) is 47.2 Å². The van der Waals surface area contributed by atoms with Crippen LogP contribution in [-0.4, -0.2) is 70.9 Å². The first kappa shape index (κ1) is 25.0. The molecule has 3 atom stereocenters. The summed E-state index contributed by atoms with van der Waals surface area (Å²) < 4.78 is 67.1. The molecule has 3 aromatic rings. The highest BCUT2D eigenvalue weighted by molar-refractivity contribution is 5.85. The van der Waals surface area contributed by atoms with Crippen molar-refractivity contribution in [2.24, 2.45) is 0 Å². The van der Waals surface area contributed by atoms with Gasteiger partial charge in [0.1, 0.15) is 5.82 Å². The second-order valence-corrected chi connectivity index (χ2v) is 9.90. The van der Waals surface area contributed by atoms with Gasteiger partial charge >= 0.3 is 6.18 Å². The molecule has 0 spiro atoms. The molecular formula is C26H30F5N5. The van der Waals surface area contributed by atoms with Gasteiger partial charge in [-0.1, -0.05) is 0 Å². The molecule has 2 aliphatic rings. The van der Waals surface area contributed by atoms with Crippen LogP contribution in [0.2, 0.25) is 0 Å². The highest BCUT2D eigenvalue weighted by Gasteiger charge is 2.42. The van der Waals surface area contributed by atoms with Gasteiger partial charge in [-0.15, -0.1) is 0 Å². The van der Waals surface area contributed by atoms with Crippen LogP contribution < -0.4 is 5.32 Å². The van der Waals surface area contributed by atoms with Crippen molar-refractivity contribution < 1.29 is 22.0 Å². The Bertz CT molecular complexity index is 1190. The molecule has 1 saturated heterocycles. The molecular weight excluding hydrogens is 477 g/mol. The minimum absolute atomic E-state index is 0.212. The van der Waals surface area contributed by atoms with Crippen molar-refractivity contribution in [1.82, 2.24) is 19.8 Å². The van der Waals surface area contributed by atoms with Crippen LogP contribution in [0.4, 0.5) is 27.6 Å². The Balaban J connectivity index is 1.43. The molecule has 36 heavy (non-hydrogen) atoms. The summed E-state index contributed by atoms with van der Waals surface area (Å²) in [5, 5.41) is 4.27. The highest BCUT2D eigenvalue weighted by atomic mass is 19.4. The SMILES string of the molecule is C[C@@H]1Cc2c([nH]c3cc(F)ccc23)[C@@H](c2ccc(N[C@H]3CCN(CCCF)C3)cn2)N1CC(F)(F)F. The van der Waals surface area contributed by atoms with Crippen LogP contribution in [-0.2, 0) is 6.42 Å².